The highest BCUT2D eigenvalue weighted by molar-refractivity contribution is 14.0. The van der Waals surface area contributed by atoms with Gasteiger partial charge in [-0.2, -0.15) is 0 Å². The lowest BCUT2D eigenvalue weighted by atomic mass is 10.2. The van der Waals surface area contributed by atoms with Crippen LogP contribution in [0, 0.1) is 0 Å². The Labute approximate surface area is 188 Å². The number of rotatable bonds is 7. The first kappa shape index (κ1) is 22.9. The summed E-state index contributed by atoms with van der Waals surface area (Å²) in [7, 11) is 1.82. The predicted octanol–water partition coefficient (Wildman–Crippen LogP) is 2.86. The molecule has 1 aliphatic heterocycles. The molecule has 1 aliphatic rings. The lowest BCUT2D eigenvalue weighted by Gasteiger charge is -2.36. The minimum Gasteiger partial charge on any atom is -0.375 e. The van der Waals surface area contributed by atoms with E-state index in [0.717, 1.165) is 61.5 Å². The van der Waals surface area contributed by atoms with E-state index in [0.29, 0.717) is 13.2 Å². The summed E-state index contributed by atoms with van der Waals surface area (Å²) in [5.74, 6) is 0.922. The minimum absolute atomic E-state index is 0. The Morgan fingerprint density at radius 1 is 1.21 bits per heavy atom. The van der Waals surface area contributed by atoms with Crippen LogP contribution in [0.3, 0.4) is 0 Å². The van der Waals surface area contributed by atoms with Crippen LogP contribution in [0.1, 0.15) is 11.3 Å². The molecule has 0 amide bonds. The summed E-state index contributed by atoms with van der Waals surface area (Å²) in [6, 6.07) is 9.63. The number of aliphatic imine (C=N–C) groups is 1. The van der Waals surface area contributed by atoms with Crippen molar-refractivity contribution in [1.82, 2.24) is 20.3 Å². The van der Waals surface area contributed by atoms with Crippen molar-refractivity contribution in [2.75, 3.05) is 46.4 Å². The number of aromatic nitrogens is 1. The van der Waals surface area contributed by atoms with Crippen LogP contribution in [0.5, 0.6) is 0 Å². The number of piperazine rings is 1. The zero-order valence-electron chi connectivity index (χ0n) is 16.0. The van der Waals surface area contributed by atoms with Gasteiger partial charge >= 0.3 is 0 Å². The summed E-state index contributed by atoms with van der Waals surface area (Å²) < 4.78 is 10.6. The Hall–Kier alpha value is -1.36. The standard InChI is InChI=1S/C19H26ClN5O2.HI/c1-21-19(22-7-13-26-15-16-2-4-17(20)5-3-16)25-10-8-24(9-11-25)14-18-6-12-27-23-18;/h2-6,12H,7-11,13-15H2,1H3,(H,21,22);1H. The second kappa shape index (κ2) is 12.3. The van der Waals surface area contributed by atoms with Crippen molar-refractivity contribution < 1.29 is 9.26 Å². The highest BCUT2D eigenvalue weighted by atomic mass is 127. The van der Waals surface area contributed by atoms with Crippen molar-refractivity contribution in [3.63, 3.8) is 0 Å². The molecule has 2 aromatic rings. The molecule has 28 heavy (non-hydrogen) atoms. The molecule has 154 valence electrons. The first-order chi connectivity index (χ1) is 13.2. The third-order valence-electron chi connectivity index (χ3n) is 4.47. The van der Waals surface area contributed by atoms with Crippen molar-refractivity contribution >= 4 is 41.5 Å². The minimum atomic E-state index is 0. The van der Waals surface area contributed by atoms with E-state index in [1.54, 1.807) is 6.26 Å². The van der Waals surface area contributed by atoms with Crippen molar-refractivity contribution in [2.45, 2.75) is 13.2 Å². The Morgan fingerprint density at radius 3 is 2.61 bits per heavy atom. The number of hydrogen-bond acceptors (Lipinski definition) is 5. The van der Waals surface area contributed by atoms with Crippen LogP contribution in [-0.4, -0.2) is 67.3 Å². The van der Waals surface area contributed by atoms with E-state index in [4.69, 9.17) is 20.9 Å². The van der Waals surface area contributed by atoms with Crippen molar-refractivity contribution in [3.05, 3.63) is 52.9 Å². The molecule has 9 heteroatoms. The van der Waals surface area contributed by atoms with Gasteiger partial charge in [0.15, 0.2) is 5.96 Å². The first-order valence-corrected chi connectivity index (χ1v) is 9.52. The molecule has 1 aromatic carbocycles. The number of benzene rings is 1. The van der Waals surface area contributed by atoms with Gasteiger partial charge in [-0.3, -0.25) is 9.89 Å². The van der Waals surface area contributed by atoms with Gasteiger partial charge in [-0.1, -0.05) is 28.9 Å². The van der Waals surface area contributed by atoms with E-state index < -0.39 is 0 Å². The van der Waals surface area contributed by atoms with Crippen molar-refractivity contribution in [2.24, 2.45) is 4.99 Å². The molecule has 0 saturated carbocycles. The molecule has 0 aliphatic carbocycles. The summed E-state index contributed by atoms with van der Waals surface area (Å²) in [6.07, 6.45) is 1.62. The monoisotopic (exact) mass is 519 g/mol. The highest BCUT2D eigenvalue weighted by Crippen LogP contribution is 2.10. The molecule has 1 aromatic heterocycles. The van der Waals surface area contributed by atoms with Crippen LogP contribution < -0.4 is 5.32 Å². The Balaban J connectivity index is 0.00000280. The fraction of sp³-hybridized carbons (Fsp3) is 0.474. The number of nitrogens with zero attached hydrogens (tertiary/aromatic N) is 4. The van der Waals surface area contributed by atoms with Crippen LogP contribution in [0.15, 0.2) is 46.1 Å². The molecule has 1 fully saturated rings. The Kier molecular flexibility index (Phi) is 10.0. The number of ether oxygens (including phenoxy) is 1. The van der Waals surface area contributed by atoms with Gasteiger partial charge in [-0.15, -0.1) is 24.0 Å². The largest absolute Gasteiger partial charge is 0.375 e. The molecule has 0 atom stereocenters. The van der Waals surface area contributed by atoms with Crippen molar-refractivity contribution in [1.29, 1.82) is 0 Å². The van der Waals surface area contributed by atoms with Crippen LogP contribution in [0.25, 0.3) is 0 Å². The van der Waals surface area contributed by atoms with Gasteiger partial charge < -0.3 is 19.5 Å². The SMILES string of the molecule is CN=C(NCCOCc1ccc(Cl)cc1)N1CCN(Cc2ccon2)CC1.I. The van der Waals surface area contributed by atoms with Gasteiger partial charge in [0.2, 0.25) is 0 Å². The third kappa shape index (κ3) is 7.23. The fourth-order valence-corrected chi connectivity index (χ4v) is 3.13. The van der Waals surface area contributed by atoms with Gasteiger partial charge in [0, 0.05) is 57.4 Å². The van der Waals surface area contributed by atoms with Crippen LogP contribution >= 0.6 is 35.6 Å². The van der Waals surface area contributed by atoms with Gasteiger partial charge in [0.05, 0.1) is 18.9 Å². The Morgan fingerprint density at radius 2 is 1.96 bits per heavy atom. The molecule has 0 bridgehead atoms. The second-order valence-electron chi connectivity index (χ2n) is 6.41. The average Bonchev–Trinajstić information content (AvgIpc) is 3.20. The second-order valence-corrected chi connectivity index (χ2v) is 6.84. The molecule has 0 unspecified atom stereocenters. The maximum atomic E-state index is 5.89. The van der Waals surface area contributed by atoms with Gasteiger partial charge in [-0.05, 0) is 17.7 Å². The summed E-state index contributed by atoms with van der Waals surface area (Å²) in [5.41, 5.74) is 2.09. The van der Waals surface area contributed by atoms with Crippen LogP contribution in [0.2, 0.25) is 5.02 Å². The first-order valence-electron chi connectivity index (χ1n) is 9.14. The molecule has 1 N–H and O–H groups in total. The fourth-order valence-electron chi connectivity index (χ4n) is 3.00. The maximum absolute atomic E-state index is 5.89. The Bertz CT molecular complexity index is 704. The van der Waals surface area contributed by atoms with Gasteiger partial charge in [0.1, 0.15) is 6.26 Å². The number of nitrogens with one attached hydrogen (secondary N) is 1. The summed E-state index contributed by atoms with van der Waals surface area (Å²) in [6.45, 7) is 6.56. The molecule has 7 nitrogen and oxygen atoms in total. The molecule has 0 radical (unpaired) electrons. The molecule has 0 spiro atoms. The van der Waals surface area contributed by atoms with E-state index in [1.807, 2.05) is 37.4 Å². The maximum Gasteiger partial charge on any atom is 0.193 e. The van der Waals surface area contributed by atoms with E-state index in [2.05, 4.69) is 25.3 Å². The van der Waals surface area contributed by atoms with E-state index in [-0.39, 0.29) is 24.0 Å². The molecular weight excluding hydrogens is 493 g/mol. The topological polar surface area (TPSA) is 66.1 Å². The quantitative estimate of drug-likeness (QED) is 0.263. The molecule has 3 rings (SSSR count). The lowest BCUT2D eigenvalue weighted by molar-refractivity contribution is 0.124. The highest BCUT2D eigenvalue weighted by Gasteiger charge is 2.20. The van der Waals surface area contributed by atoms with Crippen LogP contribution in [-0.2, 0) is 17.9 Å². The lowest BCUT2D eigenvalue weighted by Crippen LogP contribution is -2.52. The number of guanidine groups is 1. The summed E-state index contributed by atoms with van der Waals surface area (Å²) in [5, 5.41) is 8.10. The summed E-state index contributed by atoms with van der Waals surface area (Å²) >= 11 is 5.89. The van der Waals surface area contributed by atoms with Gasteiger partial charge in [-0.25, -0.2) is 0 Å². The zero-order chi connectivity index (χ0) is 18.9. The van der Waals surface area contributed by atoms with E-state index in [9.17, 15) is 0 Å². The van der Waals surface area contributed by atoms with Crippen molar-refractivity contribution in [3.8, 4) is 0 Å². The average molecular weight is 520 g/mol. The number of halogens is 2. The summed E-state index contributed by atoms with van der Waals surface area (Å²) in [4.78, 5) is 9.04. The molecule has 1 saturated heterocycles. The molecule has 2 heterocycles. The van der Waals surface area contributed by atoms with E-state index >= 15 is 0 Å². The number of hydrogen-bond donors (Lipinski definition) is 1. The van der Waals surface area contributed by atoms with Gasteiger partial charge in [0.25, 0.3) is 0 Å². The van der Waals surface area contributed by atoms with E-state index in [1.165, 1.54) is 0 Å². The zero-order valence-corrected chi connectivity index (χ0v) is 19.1. The predicted molar refractivity (Wildman–Crippen MR) is 121 cm³/mol. The molecular formula is C19H27ClIN5O2. The smallest absolute Gasteiger partial charge is 0.193 e. The third-order valence-corrected chi connectivity index (χ3v) is 4.72. The van der Waals surface area contributed by atoms with Crippen LogP contribution in [0.4, 0.5) is 0 Å². The normalized spacial score (nSPS) is 15.4.